The number of benzene rings is 1. The van der Waals surface area contributed by atoms with Crippen molar-refractivity contribution in [2.75, 3.05) is 25.5 Å². The highest BCUT2D eigenvalue weighted by Gasteiger charge is 2.11. The van der Waals surface area contributed by atoms with Gasteiger partial charge in [0.1, 0.15) is 4.90 Å². The monoisotopic (exact) mass is 229 g/mol. The lowest BCUT2D eigenvalue weighted by molar-refractivity contribution is 0.598. The first-order chi connectivity index (χ1) is 7.05. The van der Waals surface area contributed by atoms with Crippen LogP contribution in [-0.4, -0.2) is 28.6 Å². The molecule has 84 valence electrons. The minimum atomic E-state index is -3.65. The number of primary sulfonamides is 1. The maximum absolute atomic E-state index is 11.2. The fourth-order valence-corrected chi connectivity index (χ4v) is 1.90. The van der Waals surface area contributed by atoms with E-state index in [9.17, 15) is 8.42 Å². The van der Waals surface area contributed by atoms with Gasteiger partial charge in [0.15, 0.2) is 0 Å². The summed E-state index contributed by atoms with van der Waals surface area (Å²) in [7, 11) is -1.83. The van der Waals surface area contributed by atoms with Gasteiger partial charge in [-0.1, -0.05) is 12.1 Å². The zero-order valence-corrected chi connectivity index (χ0v) is 9.34. The van der Waals surface area contributed by atoms with Crippen LogP contribution in [-0.2, 0) is 10.0 Å². The molecule has 4 N–H and O–H groups in total. The molecule has 0 aliphatic rings. The Bertz CT molecular complexity index is 417. The first kappa shape index (κ1) is 12.0. The van der Waals surface area contributed by atoms with E-state index in [0.29, 0.717) is 12.2 Å². The smallest absolute Gasteiger partial charge is 0.240 e. The Morgan fingerprint density at radius 3 is 2.53 bits per heavy atom. The third kappa shape index (κ3) is 3.50. The van der Waals surface area contributed by atoms with Crippen LogP contribution in [0.2, 0.25) is 0 Å². The molecule has 0 fully saturated rings. The van der Waals surface area contributed by atoms with Gasteiger partial charge in [0.05, 0.1) is 5.69 Å². The molecule has 0 bridgehead atoms. The second kappa shape index (κ2) is 5.11. The highest BCUT2D eigenvalue weighted by atomic mass is 32.2. The molecule has 1 aromatic carbocycles. The highest BCUT2D eigenvalue weighted by molar-refractivity contribution is 7.89. The van der Waals surface area contributed by atoms with Crippen molar-refractivity contribution >= 4 is 15.7 Å². The second-order valence-electron chi connectivity index (χ2n) is 3.07. The fraction of sp³-hybridized carbons (Fsp3) is 0.333. The molecule has 0 radical (unpaired) electrons. The van der Waals surface area contributed by atoms with Gasteiger partial charge < -0.3 is 10.6 Å². The van der Waals surface area contributed by atoms with Crippen LogP contribution >= 0.6 is 0 Å². The van der Waals surface area contributed by atoms with Crippen molar-refractivity contribution in [3.8, 4) is 0 Å². The first-order valence-electron chi connectivity index (χ1n) is 4.56. The summed E-state index contributed by atoms with van der Waals surface area (Å²) in [5.41, 5.74) is 0.537. The second-order valence-corrected chi connectivity index (χ2v) is 4.60. The fourth-order valence-electron chi connectivity index (χ4n) is 1.18. The lowest BCUT2D eigenvalue weighted by Crippen LogP contribution is -2.20. The number of para-hydroxylation sites is 1. The van der Waals surface area contributed by atoms with Crippen LogP contribution in [0.5, 0.6) is 0 Å². The molecule has 1 aromatic rings. The third-order valence-corrected chi connectivity index (χ3v) is 2.85. The van der Waals surface area contributed by atoms with Crippen molar-refractivity contribution in [1.82, 2.24) is 5.32 Å². The van der Waals surface area contributed by atoms with Gasteiger partial charge in [0.25, 0.3) is 0 Å². The van der Waals surface area contributed by atoms with Crippen LogP contribution in [0.4, 0.5) is 5.69 Å². The SMILES string of the molecule is CNCCNc1ccccc1S(N)(=O)=O. The highest BCUT2D eigenvalue weighted by Crippen LogP contribution is 2.18. The molecule has 0 aromatic heterocycles. The number of likely N-dealkylation sites (N-methyl/N-ethyl adjacent to an activating group) is 1. The summed E-state index contributed by atoms with van der Waals surface area (Å²) in [5.74, 6) is 0. The largest absolute Gasteiger partial charge is 0.383 e. The molecule has 0 saturated heterocycles. The van der Waals surface area contributed by atoms with Gasteiger partial charge in [-0.2, -0.15) is 0 Å². The molecule has 0 amide bonds. The van der Waals surface area contributed by atoms with Crippen LogP contribution in [0.25, 0.3) is 0 Å². The number of sulfonamides is 1. The standard InChI is InChI=1S/C9H15N3O2S/c1-11-6-7-12-8-4-2-3-5-9(8)15(10,13)14/h2-5,11-12H,6-7H2,1H3,(H2,10,13,14). The summed E-state index contributed by atoms with van der Waals surface area (Å²) >= 11 is 0. The summed E-state index contributed by atoms with van der Waals surface area (Å²) in [6, 6.07) is 6.58. The van der Waals surface area contributed by atoms with Crippen LogP contribution in [0.3, 0.4) is 0 Å². The summed E-state index contributed by atoms with van der Waals surface area (Å²) in [4.78, 5) is 0.126. The molecule has 1 rings (SSSR count). The van der Waals surface area contributed by atoms with Crippen molar-refractivity contribution in [2.45, 2.75) is 4.90 Å². The number of nitrogens with two attached hydrogens (primary N) is 1. The van der Waals surface area contributed by atoms with Crippen molar-refractivity contribution in [2.24, 2.45) is 5.14 Å². The van der Waals surface area contributed by atoms with Gasteiger partial charge in [-0.05, 0) is 19.2 Å². The summed E-state index contributed by atoms with van der Waals surface area (Å²) < 4.78 is 22.4. The molecule has 15 heavy (non-hydrogen) atoms. The van der Waals surface area contributed by atoms with E-state index in [1.807, 2.05) is 7.05 Å². The number of hydrogen-bond donors (Lipinski definition) is 3. The van der Waals surface area contributed by atoms with Crippen molar-refractivity contribution in [1.29, 1.82) is 0 Å². The van der Waals surface area contributed by atoms with Crippen LogP contribution in [0.1, 0.15) is 0 Å². The normalized spacial score (nSPS) is 11.3. The zero-order valence-electron chi connectivity index (χ0n) is 8.53. The van der Waals surface area contributed by atoms with Gasteiger partial charge in [-0.25, -0.2) is 13.6 Å². The molecule has 5 nitrogen and oxygen atoms in total. The molecule has 6 heteroatoms. The van der Waals surface area contributed by atoms with E-state index in [1.165, 1.54) is 6.07 Å². The average Bonchev–Trinajstić information content (AvgIpc) is 2.17. The third-order valence-electron chi connectivity index (χ3n) is 1.88. The molecule has 0 spiro atoms. The maximum atomic E-state index is 11.2. The number of nitrogens with one attached hydrogen (secondary N) is 2. The Labute approximate surface area is 89.7 Å². The molecular formula is C9H15N3O2S. The Hall–Kier alpha value is -1.11. The van der Waals surface area contributed by atoms with E-state index in [0.717, 1.165) is 6.54 Å². The van der Waals surface area contributed by atoms with E-state index >= 15 is 0 Å². The predicted octanol–water partition coefficient (Wildman–Crippen LogP) is -0.0347. The minimum absolute atomic E-state index is 0.126. The van der Waals surface area contributed by atoms with Crippen molar-refractivity contribution in [3.05, 3.63) is 24.3 Å². The van der Waals surface area contributed by atoms with E-state index in [2.05, 4.69) is 10.6 Å². The maximum Gasteiger partial charge on any atom is 0.240 e. The molecule has 0 unspecified atom stereocenters. The van der Waals surface area contributed by atoms with Crippen molar-refractivity contribution < 1.29 is 8.42 Å². The van der Waals surface area contributed by atoms with E-state index in [1.54, 1.807) is 18.2 Å². The Kier molecular flexibility index (Phi) is 4.07. The van der Waals surface area contributed by atoms with Crippen LogP contribution in [0, 0.1) is 0 Å². The lowest BCUT2D eigenvalue weighted by atomic mass is 10.3. The van der Waals surface area contributed by atoms with Gasteiger partial charge in [0, 0.05) is 13.1 Å². The number of hydrogen-bond acceptors (Lipinski definition) is 4. The van der Waals surface area contributed by atoms with Gasteiger partial charge >= 0.3 is 0 Å². The summed E-state index contributed by atoms with van der Waals surface area (Å²) in [6.45, 7) is 1.39. The van der Waals surface area contributed by atoms with E-state index in [4.69, 9.17) is 5.14 Å². The molecule has 0 saturated carbocycles. The molecular weight excluding hydrogens is 214 g/mol. The van der Waals surface area contributed by atoms with Crippen LogP contribution in [0.15, 0.2) is 29.2 Å². The number of anilines is 1. The minimum Gasteiger partial charge on any atom is -0.383 e. The Morgan fingerprint density at radius 1 is 1.27 bits per heavy atom. The Morgan fingerprint density at radius 2 is 1.93 bits per heavy atom. The average molecular weight is 229 g/mol. The summed E-state index contributed by atoms with van der Waals surface area (Å²) in [6.07, 6.45) is 0. The van der Waals surface area contributed by atoms with Crippen molar-refractivity contribution in [3.63, 3.8) is 0 Å². The first-order valence-corrected chi connectivity index (χ1v) is 6.10. The van der Waals surface area contributed by atoms with Gasteiger partial charge in [-0.3, -0.25) is 0 Å². The van der Waals surface area contributed by atoms with E-state index in [-0.39, 0.29) is 4.90 Å². The topological polar surface area (TPSA) is 84.2 Å². The molecule has 0 aliphatic carbocycles. The van der Waals surface area contributed by atoms with Gasteiger partial charge in [-0.15, -0.1) is 0 Å². The lowest BCUT2D eigenvalue weighted by Gasteiger charge is -2.09. The number of rotatable bonds is 5. The Balaban J connectivity index is 2.88. The molecule has 0 atom stereocenters. The summed E-state index contributed by atoms with van der Waals surface area (Å²) in [5, 5.41) is 11.0. The van der Waals surface area contributed by atoms with E-state index < -0.39 is 10.0 Å². The quantitative estimate of drug-likeness (QED) is 0.619. The molecule has 0 heterocycles. The molecule has 0 aliphatic heterocycles. The predicted molar refractivity (Wildman–Crippen MR) is 60.2 cm³/mol. The van der Waals surface area contributed by atoms with Gasteiger partial charge in [0.2, 0.25) is 10.0 Å². The van der Waals surface area contributed by atoms with Crippen LogP contribution < -0.4 is 15.8 Å². The zero-order chi connectivity index (χ0) is 11.3.